The topological polar surface area (TPSA) is 95.3 Å². The summed E-state index contributed by atoms with van der Waals surface area (Å²) in [7, 11) is 1.58. The van der Waals surface area contributed by atoms with Crippen molar-refractivity contribution in [2.75, 3.05) is 19.5 Å². The molecule has 35 heavy (non-hydrogen) atoms. The number of fused-ring (bicyclic) bond motifs is 1. The van der Waals surface area contributed by atoms with Crippen molar-refractivity contribution in [3.63, 3.8) is 0 Å². The number of esters is 1. The molecule has 1 aliphatic heterocycles. The summed E-state index contributed by atoms with van der Waals surface area (Å²) in [6.07, 6.45) is 1.34. The van der Waals surface area contributed by atoms with Crippen LogP contribution in [0.2, 0.25) is 0 Å². The molecule has 0 saturated heterocycles. The van der Waals surface area contributed by atoms with Crippen LogP contribution in [0.3, 0.4) is 0 Å². The normalized spacial score (nSPS) is 15.7. The number of rotatable bonds is 9. The van der Waals surface area contributed by atoms with Crippen LogP contribution in [-0.2, 0) is 20.9 Å². The van der Waals surface area contributed by atoms with Crippen LogP contribution in [0.25, 0.3) is 11.0 Å². The first-order valence-corrected chi connectivity index (χ1v) is 12.1. The fourth-order valence-electron chi connectivity index (χ4n) is 3.71. The van der Waals surface area contributed by atoms with Gasteiger partial charge in [-0.15, -0.1) is 11.8 Å². The number of ether oxygens (including phenoxy) is 3. The number of amides is 1. The van der Waals surface area contributed by atoms with E-state index >= 15 is 0 Å². The van der Waals surface area contributed by atoms with Gasteiger partial charge in [-0.05, 0) is 42.3 Å². The van der Waals surface area contributed by atoms with Crippen molar-refractivity contribution in [1.82, 2.24) is 4.90 Å². The van der Waals surface area contributed by atoms with Gasteiger partial charge in [-0.2, -0.15) is 0 Å². The fraction of sp³-hybridized carbons (Fsp3) is 0.269. The third-order valence-electron chi connectivity index (χ3n) is 5.55. The molecule has 0 radical (unpaired) electrons. The van der Waals surface area contributed by atoms with E-state index < -0.39 is 11.6 Å². The molecular formula is C26H25NO7S. The summed E-state index contributed by atoms with van der Waals surface area (Å²) in [5.41, 5.74) is 1.59. The Morgan fingerprint density at radius 1 is 1.11 bits per heavy atom. The minimum absolute atomic E-state index is 0.0564. The zero-order valence-electron chi connectivity index (χ0n) is 19.4. The van der Waals surface area contributed by atoms with E-state index in [1.165, 1.54) is 11.0 Å². The van der Waals surface area contributed by atoms with Gasteiger partial charge in [0.1, 0.15) is 36.0 Å². The SMILES string of the molecule is CCC1SCC(COc2ccc3ccc(=O)oc3c2)=C(C(=O)OCc2ccc(OC)cc2)N1C=O. The molecule has 1 atom stereocenters. The summed E-state index contributed by atoms with van der Waals surface area (Å²) in [5.74, 6) is 1.11. The van der Waals surface area contributed by atoms with Gasteiger partial charge in [0.15, 0.2) is 0 Å². The van der Waals surface area contributed by atoms with Crippen LogP contribution in [0, 0.1) is 0 Å². The first-order valence-electron chi connectivity index (χ1n) is 11.1. The van der Waals surface area contributed by atoms with E-state index in [4.69, 9.17) is 18.6 Å². The van der Waals surface area contributed by atoms with Crippen LogP contribution in [0.15, 0.2) is 75.1 Å². The average Bonchev–Trinajstić information content (AvgIpc) is 2.89. The predicted octanol–water partition coefficient (Wildman–Crippen LogP) is 4.12. The smallest absolute Gasteiger partial charge is 0.355 e. The molecule has 0 spiro atoms. The van der Waals surface area contributed by atoms with Gasteiger partial charge in [0.25, 0.3) is 0 Å². The molecule has 1 amide bonds. The Morgan fingerprint density at radius 3 is 2.57 bits per heavy atom. The molecule has 9 heteroatoms. The lowest BCUT2D eigenvalue weighted by Gasteiger charge is -2.34. The minimum atomic E-state index is -0.588. The third-order valence-corrected chi connectivity index (χ3v) is 7.01. The second-order valence-electron chi connectivity index (χ2n) is 7.81. The summed E-state index contributed by atoms with van der Waals surface area (Å²) in [5, 5.41) is 0.597. The number of hydrogen-bond acceptors (Lipinski definition) is 8. The Kier molecular flexibility index (Phi) is 7.77. The molecule has 0 saturated carbocycles. The fourth-order valence-corrected chi connectivity index (χ4v) is 4.87. The van der Waals surface area contributed by atoms with Crippen molar-refractivity contribution >= 4 is 35.1 Å². The molecule has 1 unspecified atom stereocenters. The molecule has 182 valence electrons. The molecule has 0 fully saturated rings. The van der Waals surface area contributed by atoms with Crippen molar-refractivity contribution < 1.29 is 28.2 Å². The van der Waals surface area contributed by atoms with Crippen LogP contribution in [-0.4, -0.2) is 42.1 Å². The first-order chi connectivity index (χ1) is 17.0. The highest BCUT2D eigenvalue weighted by atomic mass is 32.2. The molecule has 0 aliphatic carbocycles. The molecule has 8 nitrogen and oxygen atoms in total. The minimum Gasteiger partial charge on any atom is -0.497 e. The maximum absolute atomic E-state index is 13.1. The Bertz CT molecular complexity index is 1300. The van der Waals surface area contributed by atoms with E-state index in [9.17, 15) is 14.4 Å². The zero-order valence-corrected chi connectivity index (χ0v) is 20.2. The van der Waals surface area contributed by atoms with Crippen LogP contribution >= 0.6 is 11.8 Å². The number of nitrogens with zero attached hydrogens (tertiary/aromatic N) is 1. The second-order valence-corrected chi connectivity index (χ2v) is 8.97. The van der Waals surface area contributed by atoms with E-state index in [1.54, 1.807) is 55.3 Å². The van der Waals surface area contributed by atoms with Crippen LogP contribution in [0.1, 0.15) is 18.9 Å². The van der Waals surface area contributed by atoms with Crippen molar-refractivity contribution in [2.45, 2.75) is 25.3 Å². The number of benzene rings is 2. The van der Waals surface area contributed by atoms with Gasteiger partial charge in [-0.1, -0.05) is 19.1 Å². The quantitative estimate of drug-likeness (QED) is 0.249. The van der Waals surface area contributed by atoms with Crippen molar-refractivity contribution in [2.24, 2.45) is 0 Å². The monoisotopic (exact) mass is 495 g/mol. The molecule has 0 bridgehead atoms. The Balaban J connectivity index is 1.55. The van der Waals surface area contributed by atoms with Gasteiger partial charge in [-0.25, -0.2) is 9.59 Å². The lowest BCUT2D eigenvalue weighted by Crippen LogP contribution is -2.40. The molecule has 1 aliphatic rings. The summed E-state index contributed by atoms with van der Waals surface area (Å²) in [6.45, 7) is 2.09. The van der Waals surface area contributed by atoms with Gasteiger partial charge in [0.2, 0.25) is 6.41 Å². The lowest BCUT2D eigenvalue weighted by molar-refractivity contribution is -0.144. The molecule has 3 aromatic rings. The zero-order chi connectivity index (χ0) is 24.8. The maximum Gasteiger partial charge on any atom is 0.355 e. The maximum atomic E-state index is 13.1. The molecule has 2 heterocycles. The first kappa shape index (κ1) is 24.4. The number of carbonyl (C=O) groups excluding carboxylic acids is 2. The van der Waals surface area contributed by atoms with E-state index in [0.29, 0.717) is 41.2 Å². The van der Waals surface area contributed by atoms with Gasteiger partial charge in [0.05, 0.1) is 12.5 Å². The molecule has 4 rings (SSSR count). The van der Waals surface area contributed by atoms with Gasteiger partial charge in [0, 0.05) is 28.8 Å². The van der Waals surface area contributed by atoms with E-state index in [2.05, 4.69) is 0 Å². The van der Waals surface area contributed by atoms with E-state index in [-0.39, 0.29) is 24.3 Å². The van der Waals surface area contributed by atoms with Crippen molar-refractivity contribution in [1.29, 1.82) is 0 Å². The standard InChI is InChI=1S/C26H25NO7S/c1-3-23-27(16-28)25(26(30)33-13-17-4-8-20(31-2)9-5-17)19(15-35-23)14-32-21-10-6-18-7-11-24(29)34-22(18)12-21/h4-12,16,23H,3,13-15H2,1-2H3. The molecule has 0 N–H and O–H groups in total. The second kappa shape index (κ2) is 11.1. The summed E-state index contributed by atoms with van der Waals surface area (Å²) < 4.78 is 21.9. The summed E-state index contributed by atoms with van der Waals surface area (Å²) >= 11 is 1.56. The van der Waals surface area contributed by atoms with Gasteiger partial charge >= 0.3 is 11.6 Å². The highest BCUT2D eigenvalue weighted by Crippen LogP contribution is 2.33. The van der Waals surface area contributed by atoms with E-state index in [0.717, 1.165) is 10.9 Å². The molecule has 2 aromatic carbocycles. The molecule has 1 aromatic heterocycles. The van der Waals surface area contributed by atoms with Gasteiger partial charge < -0.3 is 18.6 Å². The largest absolute Gasteiger partial charge is 0.497 e. The van der Waals surface area contributed by atoms with E-state index in [1.807, 2.05) is 19.1 Å². The number of carbonyl (C=O) groups is 2. The number of methoxy groups -OCH3 is 1. The third kappa shape index (κ3) is 5.68. The Morgan fingerprint density at radius 2 is 1.86 bits per heavy atom. The Hall–Kier alpha value is -3.72. The summed E-state index contributed by atoms with van der Waals surface area (Å²) in [6, 6.07) is 15.4. The predicted molar refractivity (Wildman–Crippen MR) is 132 cm³/mol. The van der Waals surface area contributed by atoms with Crippen LogP contribution < -0.4 is 15.1 Å². The van der Waals surface area contributed by atoms with Crippen molar-refractivity contribution in [3.8, 4) is 11.5 Å². The highest BCUT2D eigenvalue weighted by molar-refractivity contribution is 8.00. The Labute approximate surface area is 206 Å². The summed E-state index contributed by atoms with van der Waals surface area (Å²) in [4.78, 5) is 38.0. The van der Waals surface area contributed by atoms with Crippen molar-refractivity contribution in [3.05, 3.63) is 81.9 Å². The highest BCUT2D eigenvalue weighted by Gasteiger charge is 2.33. The number of thioether (sulfide) groups is 1. The lowest BCUT2D eigenvalue weighted by atomic mass is 10.2. The number of hydrogen-bond donors (Lipinski definition) is 0. The average molecular weight is 496 g/mol. The van der Waals surface area contributed by atoms with Crippen LogP contribution in [0.4, 0.5) is 0 Å². The van der Waals surface area contributed by atoms with Crippen LogP contribution in [0.5, 0.6) is 11.5 Å². The van der Waals surface area contributed by atoms with Gasteiger partial charge in [-0.3, -0.25) is 9.69 Å². The molecular weight excluding hydrogens is 470 g/mol.